The summed E-state index contributed by atoms with van der Waals surface area (Å²) in [5, 5.41) is 11.0. The Kier molecular flexibility index (Phi) is 3.99. The molecule has 108 valence electrons. The van der Waals surface area contributed by atoms with Crippen LogP contribution in [-0.2, 0) is 4.84 Å². The van der Waals surface area contributed by atoms with Gasteiger partial charge in [0.15, 0.2) is 5.78 Å². The van der Waals surface area contributed by atoms with Gasteiger partial charge in [-0.1, -0.05) is 48.5 Å². The number of carbonyl (C=O) groups excluding carboxylic acids is 1. The Morgan fingerprint density at radius 1 is 1.10 bits per heavy atom. The minimum atomic E-state index is -0.410. The predicted molar refractivity (Wildman–Crippen MR) is 80.1 cm³/mol. The molecule has 1 aliphatic heterocycles. The van der Waals surface area contributed by atoms with Gasteiger partial charge < -0.3 is 5.11 Å². The SMILES string of the molecule is O=C(c1ccccc1)C1CC(CO)ON1c1ccccc1. The number of para-hydroxylation sites is 1. The van der Waals surface area contributed by atoms with Crippen molar-refractivity contribution in [3.63, 3.8) is 0 Å². The van der Waals surface area contributed by atoms with Crippen molar-refractivity contribution in [1.29, 1.82) is 0 Å². The quantitative estimate of drug-likeness (QED) is 0.876. The number of hydrogen-bond acceptors (Lipinski definition) is 4. The number of Topliss-reactive ketones (excluding diaryl/α,β-unsaturated/α-hetero) is 1. The molecule has 1 aliphatic rings. The summed E-state index contributed by atoms with van der Waals surface area (Å²) in [6.07, 6.45) is 0.141. The summed E-state index contributed by atoms with van der Waals surface area (Å²) >= 11 is 0. The fraction of sp³-hybridized carbons (Fsp3) is 0.235. The van der Waals surface area contributed by atoms with Gasteiger partial charge in [-0.25, -0.2) is 5.06 Å². The highest BCUT2D eigenvalue weighted by Crippen LogP contribution is 2.29. The first kappa shape index (κ1) is 13.8. The van der Waals surface area contributed by atoms with Gasteiger partial charge in [-0.05, 0) is 12.1 Å². The molecule has 0 amide bonds. The summed E-state index contributed by atoms with van der Waals surface area (Å²) in [4.78, 5) is 18.4. The Labute approximate surface area is 123 Å². The van der Waals surface area contributed by atoms with Gasteiger partial charge in [-0.3, -0.25) is 9.63 Å². The van der Waals surface area contributed by atoms with Gasteiger partial charge in [0.1, 0.15) is 12.1 Å². The van der Waals surface area contributed by atoms with Gasteiger partial charge in [0.2, 0.25) is 0 Å². The normalized spacial score (nSPS) is 21.5. The first-order valence-corrected chi connectivity index (χ1v) is 7.01. The number of rotatable bonds is 4. The number of aliphatic hydroxyl groups is 1. The van der Waals surface area contributed by atoms with Crippen LogP contribution < -0.4 is 5.06 Å². The first-order chi connectivity index (χ1) is 10.3. The molecular weight excluding hydrogens is 266 g/mol. The molecule has 0 aromatic heterocycles. The maximum absolute atomic E-state index is 12.7. The molecule has 1 saturated heterocycles. The highest BCUT2D eigenvalue weighted by atomic mass is 16.7. The molecule has 4 nitrogen and oxygen atoms in total. The summed E-state index contributed by atoms with van der Waals surface area (Å²) < 4.78 is 0. The molecule has 2 unspecified atom stereocenters. The van der Waals surface area contributed by atoms with Crippen LogP contribution in [0, 0.1) is 0 Å². The highest BCUT2D eigenvalue weighted by Gasteiger charge is 2.38. The smallest absolute Gasteiger partial charge is 0.187 e. The van der Waals surface area contributed by atoms with Crippen molar-refractivity contribution < 1.29 is 14.7 Å². The van der Waals surface area contributed by atoms with E-state index in [-0.39, 0.29) is 18.5 Å². The van der Waals surface area contributed by atoms with E-state index in [1.54, 1.807) is 17.2 Å². The number of benzene rings is 2. The van der Waals surface area contributed by atoms with E-state index in [0.717, 1.165) is 5.69 Å². The van der Waals surface area contributed by atoms with E-state index >= 15 is 0 Å². The van der Waals surface area contributed by atoms with Crippen LogP contribution in [-0.4, -0.2) is 29.6 Å². The van der Waals surface area contributed by atoms with Crippen molar-refractivity contribution in [3.05, 3.63) is 66.2 Å². The zero-order valence-corrected chi connectivity index (χ0v) is 11.6. The van der Waals surface area contributed by atoms with Crippen molar-refractivity contribution in [3.8, 4) is 0 Å². The Balaban J connectivity index is 1.89. The standard InChI is InChI=1S/C17H17NO3/c19-12-15-11-16(17(20)13-7-3-1-4-8-13)18(21-15)14-9-5-2-6-10-14/h1-10,15-16,19H,11-12H2. The Morgan fingerprint density at radius 2 is 1.71 bits per heavy atom. The zero-order valence-electron chi connectivity index (χ0n) is 11.6. The monoisotopic (exact) mass is 283 g/mol. The second-order valence-electron chi connectivity index (χ2n) is 5.05. The average Bonchev–Trinajstić information content (AvgIpc) is 3.00. The van der Waals surface area contributed by atoms with Crippen molar-refractivity contribution in [2.24, 2.45) is 0 Å². The maximum Gasteiger partial charge on any atom is 0.187 e. The molecule has 1 N–H and O–H groups in total. The average molecular weight is 283 g/mol. The number of aliphatic hydroxyl groups excluding tert-OH is 1. The molecule has 0 radical (unpaired) electrons. The van der Waals surface area contributed by atoms with Gasteiger partial charge in [-0.2, -0.15) is 0 Å². The van der Waals surface area contributed by atoms with Crippen LogP contribution in [0.5, 0.6) is 0 Å². The fourth-order valence-corrected chi connectivity index (χ4v) is 2.55. The molecule has 0 spiro atoms. The van der Waals surface area contributed by atoms with Gasteiger partial charge in [0, 0.05) is 12.0 Å². The van der Waals surface area contributed by atoms with E-state index < -0.39 is 6.04 Å². The Hall–Kier alpha value is -2.17. The van der Waals surface area contributed by atoms with Crippen LogP contribution in [0.15, 0.2) is 60.7 Å². The first-order valence-electron chi connectivity index (χ1n) is 7.01. The minimum Gasteiger partial charge on any atom is -0.394 e. The van der Waals surface area contributed by atoms with Crippen LogP contribution in [0.4, 0.5) is 5.69 Å². The van der Waals surface area contributed by atoms with Crippen LogP contribution >= 0.6 is 0 Å². The lowest BCUT2D eigenvalue weighted by Gasteiger charge is -2.23. The lowest BCUT2D eigenvalue weighted by molar-refractivity contribution is 0.0403. The molecule has 0 aliphatic carbocycles. The van der Waals surface area contributed by atoms with E-state index in [1.165, 1.54) is 0 Å². The van der Waals surface area contributed by atoms with Crippen molar-refractivity contribution >= 4 is 11.5 Å². The summed E-state index contributed by atoms with van der Waals surface area (Å²) in [5.74, 6) is 0.00963. The molecule has 0 bridgehead atoms. The third kappa shape index (κ3) is 2.82. The van der Waals surface area contributed by atoms with Gasteiger partial charge in [0.25, 0.3) is 0 Å². The molecule has 3 rings (SSSR count). The zero-order chi connectivity index (χ0) is 14.7. The Bertz CT molecular complexity index is 600. The molecule has 2 aromatic carbocycles. The summed E-state index contributed by atoms with van der Waals surface area (Å²) in [7, 11) is 0. The molecule has 1 heterocycles. The lowest BCUT2D eigenvalue weighted by Crippen LogP contribution is -2.35. The predicted octanol–water partition coefficient (Wildman–Crippen LogP) is 2.44. The summed E-state index contributed by atoms with van der Waals surface area (Å²) in [6.45, 7) is -0.0953. The van der Waals surface area contributed by atoms with E-state index in [4.69, 9.17) is 4.84 Å². The van der Waals surface area contributed by atoms with Gasteiger partial charge >= 0.3 is 0 Å². The number of ketones is 1. The lowest BCUT2D eigenvalue weighted by atomic mass is 10.00. The van der Waals surface area contributed by atoms with Crippen LogP contribution in [0.25, 0.3) is 0 Å². The van der Waals surface area contributed by atoms with Gasteiger partial charge in [0.05, 0.1) is 12.3 Å². The molecule has 2 atom stereocenters. The molecule has 2 aromatic rings. The van der Waals surface area contributed by atoms with Crippen molar-refractivity contribution in [2.45, 2.75) is 18.6 Å². The van der Waals surface area contributed by atoms with E-state index in [1.807, 2.05) is 48.5 Å². The molecular formula is C17H17NO3. The van der Waals surface area contributed by atoms with Crippen LogP contribution in [0.2, 0.25) is 0 Å². The van der Waals surface area contributed by atoms with E-state index in [2.05, 4.69) is 0 Å². The van der Waals surface area contributed by atoms with Gasteiger partial charge in [-0.15, -0.1) is 0 Å². The van der Waals surface area contributed by atoms with Crippen molar-refractivity contribution in [2.75, 3.05) is 11.7 Å². The number of carbonyl (C=O) groups is 1. The largest absolute Gasteiger partial charge is 0.394 e. The van der Waals surface area contributed by atoms with E-state index in [9.17, 15) is 9.90 Å². The summed E-state index contributed by atoms with van der Waals surface area (Å²) in [5.41, 5.74) is 1.48. The number of nitrogens with zero attached hydrogens (tertiary/aromatic N) is 1. The number of hydroxylamine groups is 1. The molecule has 1 fully saturated rings. The second kappa shape index (κ2) is 6.08. The Morgan fingerprint density at radius 3 is 2.33 bits per heavy atom. The van der Waals surface area contributed by atoms with Crippen LogP contribution in [0.1, 0.15) is 16.8 Å². The third-order valence-corrected chi connectivity index (χ3v) is 3.61. The summed E-state index contributed by atoms with van der Waals surface area (Å²) in [6, 6.07) is 18.3. The topological polar surface area (TPSA) is 49.8 Å². The maximum atomic E-state index is 12.7. The molecule has 4 heteroatoms. The third-order valence-electron chi connectivity index (χ3n) is 3.61. The minimum absolute atomic E-state index is 0.00963. The molecule has 0 saturated carbocycles. The van der Waals surface area contributed by atoms with Crippen LogP contribution in [0.3, 0.4) is 0 Å². The molecule has 21 heavy (non-hydrogen) atoms. The fourth-order valence-electron chi connectivity index (χ4n) is 2.55. The van der Waals surface area contributed by atoms with Crippen molar-refractivity contribution in [1.82, 2.24) is 0 Å². The number of hydrogen-bond donors (Lipinski definition) is 1. The highest BCUT2D eigenvalue weighted by molar-refractivity contribution is 6.01. The second-order valence-corrected chi connectivity index (χ2v) is 5.05. The van der Waals surface area contributed by atoms with E-state index in [0.29, 0.717) is 12.0 Å². The number of anilines is 1.